The highest BCUT2D eigenvalue weighted by molar-refractivity contribution is 8.18. The van der Waals surface area contributed by atoms with Crippen molar-refractivity contribution in [1.82, 2.24) is 4.90 Å². The molecule has 2 aromatic rings. The minimum Gasteiger partial charge on any atom is -0.500 e. The quantitative estimate of drug-likeness (QED) is 0.414. The Bertz CT molecular complexity index is 992. The van der Waals surface area contributed by atoms with E-state index in [1.54, 1.807) is 12.1 Å². The normalized spacial score (nSPS) is 15.1. The number of benzene rings is 2. The van der Waals surface area contributed by atoms with Gasteiger partial charge in [0, 0.05) is 6.07 Å². The molecule has 1 aliphatic rings. The third-order valence-corrected chi connectivity index (χ3v) is 4.90. The predicted molar refractivity (Wildman–Crippen MR) is 106 cm³/mol. The van der Waals surface area contributed by atoms with Crippen molar-refractivity contribution in [3.8, 4) is 17.2 Å². The van der Waals surface area contributed by atoms with Crippen molar-refractivity contribution < 1.29 is 29.1 Å². The fourth-order valence-corrected chi connectivity index (χ4v) is 3.47. The van der Waals surface area contributed by atoms with Crippen LogP contribution in [-0.4, -0.2) is 46.3 Å². The summed E-state index contributed by atoms with van der Waals surface area (Å²) in [4.78, 5) is 36.2. The topological polar surface area (TPSA) is 119 Å². The second-order valence-electron chi connectivity index (χ2n) is 5.84. The molecule has 2 amide bonds. The number of phenols is 1. The van der Waals surface area contributed by atoms with Crippen LogP contribution in [0.5, 0.6) is 17.2 Å². The number of carbonyl (C=O) groups is 2. The molecule has 0 spiro atoms. The van der Waals surface area contributed by atoms with Gasteiger partial charge in [-0.3, -0.25) is 24.6 Å². The molecule has 1 aliphatic heterocycles. The van der Waals surface area contributed by atoms with Gasteiger partial charge in [0.05, 0.1) is 23.5 Å². The molecule has 0 unspecified atom stereocenters. The molecule has 10 heteroatoms. The summed E-state index contributed by atoms with van der Waals surface area (Å²) in [5.41, 5.74) is -0.316. The molecule has 1 N–H and O–H groups in total. The van der Waals surface area contributed by atoms with Gasteiger partial charge in [0.25, 0.3) is 11.1 Å². The number of nitro groups is 1. The average Bonchev–Trinajstić information content (AvgIpc) is 2.97. The Morgan fingerprint density at radius 2 is 1.97 bits per heavy atom. The second-order valence-corrected chi connectivity index (χ2v) is 6.84. The van der Waals surface area contributed by atoms with E-state index >= 15 is 0 Å². The van der Waals surface area contributed by atoms with Crippen molar-refractivity contribution in [2.45, 2.75) is 0 Å². The third kappa shape index (κ3) is 4.49. The lowest BCUT2D eigenvalue weighted by Crippen LogP contribution is -2.32. The first-order valence-corrected chi connectivity index (χ1v) is 9.21. The van der Waals surface area contributed by atoms with Crippen molar-refractivity contribution in [3.05, 3.63) is 63.0 Å². The molecule has 0 radical (unpaired) electrons. The molecule has 150 valence electrons. The molecule has 1 saturated heterocycles. The SMILES string of the molecule is COc1cc(/C=C2\SC(=O)N(CCOc3ccccc3)C2=O)cc([N+](=O)[O-])c1O. The lowest BCUT2D eigenvalue weighted by atomic mass is 10.1. The molecule has 0 bridgehead atoms. The number of thioether (sulfide) groups is 1. The van der Waals surface area contributed by atoms with E-state index in [2.05, 4.69) is 0 Å². The Balaban J connectivity index is 1.76. The van der Waals surface area contributed by atoms with Gasteiger partial charge in [0.1, 0.15) is 12.4 Å². The Kier molecular flexibility index (Phi) is 6.03. The van der Waals surface area contributed by atoms with Gasteiger partial charge in [-0.15, -0.1) is 0 Å². The monoisotopic (exact) mass is 416 g/mol. The van der Waals surface area contributed by atoms with Gasteiger partial charge >= 0.3 is 5.69 Å². The van der Waals surface area contributed by atoms with Crippen molar-refractivity contribution in [3.63, 3.8) is 0 Å². The highest BCUT2D eigenvalue weighted by Crippen LogP contribution is 2.39. The fraction of sp³-hybridized carbons (Fsp3) is 0.158. The summed E-state index contributed by atoms with van der Waals surface area (Å²) in [6.45, 7) is 0.198. The smallest absolute Gasteiger partial charge is 0.315 e. The number of carbonyl (C=O) groups excluding carboxylic acids is 2. The van der Waals surface area contributed by atoms with Gasteiger partial charge < -0.3 is 14.6 Å². The maximum atomic E-state index is 12.5. The fourth-order valence-electron chi connectivity index (χ4n) is 2.61. The number of imide groups is 1. The van der Waals surface area contributed by atoms with E-state index in [-0.39, 0.29) is 29.4 Å². The van der Waals surface area contributed by atoms with Crippen LogP contribution >= 0.6 is 11.8 Å². The molecule has 0 aromatic heterocycles. The minimum atomic E-state index is -0.762. The van der Waals surface area contributed by atoms with Crippen LogP contribution in [0.1, 0.15) is 5.56 Å². The van der Waals surface area contributed by atoms with Gasteiger partial charge in [-0.05, 0) is 41.6 Å². The number of aromatic hydroxyl groups is 1. The first-order chi connectivity index (χ1) is 13.9. The summed E-state index contributed by atoms with van der Waals surface area (Å²) in [6, 6.07) is 11.4. The van der Waals surface area contributed by atoms with Crippen LogP contribution < -0.4 is 9.47 Å². The predicted octanol–water partition coefficient (Wildman–Crippen LogP) is 3.42. The number of hydrogen-bond acceptors (Lipinski definition) is 8. The molecule has 0 aliphatic carbocycles. The largest absolute Gasteiger partial charge is 0.500 e. The summed E-state index contributed by atoms with van der Waals surface area (Å²) in [6.07, 6.45) is 1.35. The minimum absolute atomic E-state index is 0.0654. The van der Waals surface area contributed by atoms with Gasteiger partial charge in [-0.1, -0.05) is 18.2 Å². The van der Waals surface area contributed by atoms with Crippen LogP contribution in [0.15, 0.2) is 47.4 Å². The molecule has 1 fully saturated rings. The lowest BCUT2D eigenvalue weighted by Gasteiger charge is -2.13. The molecular formula is C19H16N2O7S. The average molecular weight is 416 g/mol. The number of hydrogen-bond donors (Lipinski definition) is 1. The van der Waals surface area contributed by atoms with Crippen LogP contribution in [0.25, 0.3) is 6.08 Å². The van der Waals surface area contributed by atoms with Crippen molar-refractivity contribution in [2.24, 2.45) is 0 Å². The van der Waals surface area contributed by atoms with Gasteiger partial charge in [0.15, 0.2) is 5.75 Å². The summed E-state index contributed by atoms with van der Waals surface area (Å²) >= 11 is 0.725. The first-order valence-electron chi connectivity index (χ1n) is 8.39. The van der Waals surface area contributed by atoms with Crippen molar-refractivity contribution in [2.75, 3.05) is 20.3 Å². The van der Waals surface area contributed by atoms with E-state index in [1.807, 2.05) is 18.2 Å². The van der Waals surface area contributed by atoms with E-state index in [1.165, 1.54) is 19.3 Å². The van der Waals surface area contributed by atoms with E-state index < -0.39 is 27.5 Å². The number of methoxy groups -OCH3 is 1. The van der Waals surface area contributed by atoms with Crippen LogP contribution in [-0.2, 0) is 4.79 Å². The Morgan fingerprint density at radius 1 is 1.24 bits per heavy atom. The lowest BCUT2D eigenvalue weighted by molar-refractivity contribution is -0.386. The van der Waals surface area contributed by atoms with Crippen LogP contribution in [0, 0.1) is 10.1 Å². The number of ether oxygens (including phenoxy) is 2. The maximum absolute atomic E-state index is 12.5. The standard InChI is InChI=1S/C19H16N2O7S/c1-27-15-10-12(9-14(17(15)22)21(25)26)11-16-18(23)20(19(24)29-16)7-8-28-13-5-3-2-4-6-13/h2-6,9-11,22H,7-8H2,1H3/b16-11-. The Labute approximate surface area is 169 Å². The van der Waals surface area contributed by atoms with Gasteiger partial charge in [-0.25, -0.2) is 0 Å². The molecule has 1 heterocycles. The van der Waals surface area contributed by atoms with Crippen LogP contribution in [0.3, 0.4) is 0 Å². The Hall–Kier alpha value is -3.53. The van der Waals surface area contributed by atoms with Crippen molar-refractivity contribution >= 4 is 34.7 Å². The molecule has 2 aromatic carbocycles. The number of para-hydroxylation sites is 1. The molecular weight excluding hydrogens is 400 g/mol. The second kappa shape index (κ2) is 8.65. The molecule has 3 rings (SSSR count). The number of nitro benzene ring substituents is 1. The first kappa shape index (κ1) is 20.2. The summed E-state index contributed by atoms with van der Waals surface area (Å²) in [7, 11) is 1.25. The van der Waals surface area contributed by atoms with E-state index in [4.69, 9.17) is 9.47 Å². The van der Waals surface area contributed by atoms with E-state index in [0.29, 0.717) is 5.75 Å². The van der Waals surface area contributed by atoms with Crippen LogP contribution in [0.2, 0.25) is 0 Å². The molecule has 0 saturated carbocycles. The van der Waals surface area contributed by atoms with Gasteiger partial charge in [-0.2, -0.15) is 0 Å². The third-order valence-electron chi connectivity index (χ3n) is 3.99. The summed E-state index contributed by atoms with van der Waals surface area (Å²) in [5, 5.41) is 20.5. The number of amides is 2. The number of rotatable bonds is 7. The van der Waals surface area contributed by atoms with E-state index in [9.17, 15) is 24.8 Å². The van der Waals surface area contributed by atoms with Crippen molar-refractivity contribution in [1.29, 1.82) is 0 Å². The van der Waals surface area contributed by atoms with Gasteiger partial charge in [0.2, 0.25) is 5.75 Å². The summed E-state index contributed by atoms with van der Waals surface area (Å²) in [5.74, 6) is -0.619. The van der Waals surface area contributed by atoms with E-state index in [0.717, 1.165) is 22.7 Å². The van der Waals surface area contributed by atoms with Crippen LogP contribution in [0.4, 0.5) is 10.5 Å². The summed E-state index contributed by atoms with van der Waals surface area (Å²) < 4.78 is 10.4. The zero-order valence-corrected chi connectivity index (χ0v) is 16.0. The zero-order chi connectivity index (χ0) is 21.0. The molecule has 0 atom stereocenters. The maximum Gasteiger partial charge on any atom is 0.315 e. The number of phenolic OH excluding ortho intramolecular Hbond substituents is 1. The number of nitrogens with zero attached hydrogens (tertiary/aromatic N) is 2. The Morgan fingerprint density at radius 3 is 2.62 bits per heavy atom. The zero-order valence-electron chi connectivity index (χ0n) is 15.2. The molecule has 9 nitrogen and oxygen atoms in total. The highest BCUT2D eigenvalue weighted by atomic mass is 32.2. The highest BCUT2D eigenvalue weighted by Gasteiger charge is 2.35. The molecule has 29 heavy (non-hydrogen) atoms.